The third-order valence-corrected chi connectivity index (χ3v) is 2.47. The Kier molecular flexibility index (Phi) is 3.54. The van der Waals surface area contributed by atoms with E-state index in [-0.39, 0.29) is 6.79 Å². The molecule has 0 atom stereocenters. The van der Waals surface area contributed by atoms with E-state index in [1.165, 1.54) is 0 Å². The van der Waals surface area contributed by atoms with E-state index >= 15 is 0 Å². The molecule has 4 heteroatoms. The van der Waals surface area contributed by atoms with E-state index in [0.717, 1.165) is 30.0 Å². The van der Waals surface area contributed by atoms with Crippen LogP contribution in [0.3, 0.4) is 0 Å². The normalized spacial score (nSPS) is 12.6. The van der Waals surface area contributed by atoms with Crippen LogP contribution in [-0.4, -0.2) is 20.4 Å². The maximum Gasteiger partial charge on any atom is 0.231 e. The summed E-state index contributed by atoms with van der Waals surface area (Å²) in [6, 6.07) is 3.93. The molecule has 1 aromatic rings. The summed E-state index contributed by atoms with van der Waals surface area (Å²) in [7, 11) is 1.63. The number of nitrogens with one attached hydrogen (secondary N) is 1. The lowest BCUT2D eigenvalue weighted by Crippen LogP contribution is -2.15. The SMILES string of the molecule is C=C(C)CNCc1cc(OC)c2c(c1)OCO2. The van der Waals surface area contributed by atoms with Crippen LogP contribution in [0.1, 0.15) is 12.5 Å². The third-order valence-electron chi connectivity index (χ3n) is 2.47. The Morgan fingerprint density at radius 2 is 2.29 bits per heavy atom. The molecular weight excluding hydrogens is 218 g/mol. The molecule has 0 bridgehead atoms. The van der Waals surface area contributed by atoms with Gasteiger partial charge < -0.3 is 19.5 Å². The minimum absolute atomic E-state index is 0.258. The maximum atomic E-state index is 5.36. The first-order chi connectivity index (χ1) is 8.20. The van der Waals surface area contributed by atoms with Gasteiger partial charge in [-0.25, -0.2) is 0 Å². The fraction of sp³-hybridized carbons (Fsp3) is 0.385. The zero-order valence-electron chi connectivity index (χ0n) is 10.2. The van der Waals surface area contributed by atoms with Gasteiger partial charge in [-0.2, -0.15) is 0 Å². The molecule has 1 aromatic carbocycles. The molecule has 0 amide bonds. The Bertz CT molecular complexity index is 429. The van der Waals surface area contributed by atoms with Crippen molar-refractivity contribution in [2.24, 2.45) is 0 Å². The largest absolute Gasteiger partial charge is 0.493 e. The average Bonchev–Trinajstić information content (AvgIpc) is 2.75. The second-order valence-electron chi connectivity index (χ2n) is 4.09. The molecule has 4 nitrogen and oxygen atoms in total. The molecule has 0 aromatic heterocycles. The van der Waals surface area contributed by atoms with Crippen LogP contribution in [0.15, 0.2) is 24.3 Å². The second-order valence-corrected chi connectivity index (χ2v) is 4.09. The molecule has 0 unspecified atom stereocenters. The third kappa shape index (κ3) is 2.71. The zero-order chi connectivity index (χ0) is 12.3. The Labute approximate surface area is 101 Å². The molecule has 0 fully saturated rings. The van der Waals surface area contributed by atoms with Gasteiger partial charge in [0.15, 0.2) is 11.5 Å². The van der Waals surface area contributed by atoms with Gasteiger partial charge in [0, 0.05) is 13.1 Å². The van der Waals surface area contributed by atoms with Crippen LogP contribution in [-0.2, 0) is 6.54 Å². The van der Waals surface area contributed by atoms with Crippen LogP contribution in [0.2, 0.25) is 0 Å². The average molecular weight is 235 g/mol. The Morgan fingerprint density at radius 3 is 3.00 bits per heavy atom. The van der Waals surface area contributed by atoms with E-state index in [2.05, 4.69) is 11.9 Å². The summed E-state index contributed by atoms with van der Waals surface area (Å²) >= 11 is 0. The van der Waals surface area contributed by atoms with E-state index in [0.29, 0.717) is 11.5 Å². The fourth-order valence-electron chi connectivity index (χ4n) is 1.71. The van der Waals surface area contributed by atoms with Crippen molar-refractivity contribution in [3.63, 3.8) is 0 Å². The van der Waals surface area contributed by atoms with Gasteiger partial charge in [-0.15, -0.1) is 0 Å². The minimum atomic E-state index is 0.258. The van der Waals surface area contributed by atoms with Gasteiger partial charge in [0.2, 0.25) is 12.5 Å². The van der Waals surface area contributed by atoms with Crippen LogP contribution in [0.25, 0.3) is 0 Å². The molecule has 2 rings (SSSR count). The first kappa shape index (κ1) is 11.8. The molecule has 0 saturated carbocycles. The van der Waals surface area contributed by atoms with Gasteiger partial charge in [0.1, 0.15) is 0 Å². The molecule has 0 saturated heterocycles. The van der Waals surface area contributed by atoms with Crippen LogP contribution in [0.4, 0.5) is 0 Å². The minimum Gasteiger partial charge on any atom is -0.493 e. The van der Waals surface area contributed by atoms with Gasteiger partial charge in [-0.05, 0) is 24.6 Å². The highest BCUT2D eigenvalue weighted by Gasteiger charge is 2.19. The van der Waals surface area contributed by atoms with Gasteiger partial charge in [-0.1, -0.05) is 12.2 Å². The standard InChI is InChI=1S/C13H17NO3/c1-9(2)6-14-7-10-4-11(15-3)13-12(5-10)16-8-17-13/h4-5,14H,1,6-8H2,2-3H3. The summed E-state index contributed by atoms with van der Waals surface area (Å²) in [4.78, 5) is 0. The van der Waals surface area contributed by atoms with Crippen molar-refractivity contribution < 1.29 is 14.2 Å². The number of fused-ring (bicyclic) bond motifs is 1. The van der Waals surface area contributed by atoms with Crippen LogP contribution < -0.4 is 19.5 Å². The summed E-state index contributed by atoms with van der Waals surface area (Å²) in [5.74, 6) is 2.15. The topological polar surface area (TPSA) is 39.7 Å². The number of hydrogen-bond donors (Lipinski definition) is 1. The Hall–Kier alpha value is -1.68. The van der Waals surface area contributed by atoms with Crippen molar-refractivity contribution in [3.05, 3.63) is 29.8 Å². The number of hydrogen-bond acceptors (Lipinski definition) is 4. The summed E-state index contributed by atoms with van der Waals surface area (Å²) in [5, 5.41) is 3.29. The summed E-state index contributed by atoms with van der Waals surface area (Å²) < 4.78 is 16.0. The van der Waals surface area contributed by atoms with E-state index < -0.39 is 0 Å². The van der Waals surface area contributed by atoms with Crippen molar-refractivity contribution in [1.29, 1.82) is 0 Å². The van der Waals surface area contributed by atoms with Crippen molar-refractivity contribution in [1.82, 2.24) is 5.32 Å². The second kappa shape index (κ2) is 5.10. The lowest BCUT2D eigenvalue weighted by Gasteiger charge is -2.09. The van der Waals surface area contributed by atoms with Crippen molar-refractivity contribution >= 4 is 0 Å². The summed E-state index contributed by atoms with van der Waals surface area (Å²) in [6.45, 7) is 7.65. The highest BCUT2D eigenvalue weighted by atomic mass is 16.7. The molecule has 1 aliphatic heterocycles. The smallest absolute Gasteiger partial charge is 0.231 e. The molecule has 1 aliphatic rings. The molecule has 17 heavy (non-hydrogen) atoms. The van der Waals surface area contributed by atoms with Gasteiger partial charge in [0.05, 0.1) is 7.11 Å². The van der Waals surface area contributed by atoms with Crippen molar-refractivity contribution in [3.8, 4) is 17.2 Å². The molecule has 0 aliphatic carbocycles. The summed E-state index contributed by atoms with van der Waals surface area (Å²) in [6.07, 6.45) is 0. The Morgan fingerprint density at radius 1 is 1.47 bits per heavy atom. The number of methoxy groups -OCH3 is 1. The van der Waals surface area contributed by atoms with E-state index in [9.17, 15) is 0 Å². The lowest BCUT2D eigenvalue weighted by atomic mass is 10.2. The van der Waals surface area contributed by atoms with E-state index in [4.69, 9.17) is 14.2 Å². The number of ether oxygens (including phenoxy) is 3. The van der Waals surface area contributed by atoms with E-state index in [1.807, 2.05) is 19.1 Å². The highest BCUT2D eigenvalue weighted by Crippen LogP contribution is 2.41. The predicted octanol–water partition coefficient (Wildman–Crippen LogP) is 2.09. The van der Waals surface area contributed by atoms with Crippen molar-refractivity contribution in [2.75, 3.05) is 20.4 Å². The predicted molar refractivity (Wildman–Crippen MR) is 65.6 cm³/mol. The van der Waals surface area contributed by atoms with Gasteiger partial charge in [0.25, 0.3) is 0 Å². The number of rotatable bonds is 5. The molecule has 0 spiro atoms. The maximum absolute atomic E-state index is 5.36. The fourth-order valence-corrected chi connectivity index (χ4v) is 1.71. The zero-order valence-corrected chi connectivity index (χ0v) is 10.2. The first-order valence-corrected chi connectivity index (χ1v) is 5.52. The van der Waals surface area contributed by atoms with Gasteiger partial charge >= 0.3 is 0 Å². The van der Waals surface area contributed by atoms with Crippen LogP contribution >= 0.6 is 0 Å². The molecular formula is C13H17NO3. The number of benzene rings is 1. The summed E-state index contributed by atoms with van der Waals surface area (Å²) in [5.41, 5.74) is 2.21. The molecule has 1 heterocycles. The van der Waals surface area contributed by atoms with Crippen LogP contribution in [0, 0.1) is 0 Å². The molecule has 92 valence electrons. The van der Waals surface area contributed by atoms with Crippen molar-refractivity contribution in [2.45, 2.75) is 13.5 Å². The van der Waals surface area contributed by atoms with Crippen LogP contribution in [0.5, 0.6) is 17.2 Å². The monoisotopic (exact) mass is 235 g/mol. The first-order valence-electron chi connectivity index (χ1n) is 5.52. The Balaban J connectivity index is 2.10. The molecule has 1 N–H and O–H groups in total. The highest BCUT2D eigenvalue weighted by molar-refractivity contribution is 5.55. The quantitative estimate of drug-likeness (QED) is 0.793. The van der Waals surface area contributed by atoms with E-state index in [1.54, 1.807) is 7.11 Å². The lowest BCUT2D eigenvalue weighted by molar-refractivity contribution is 0.171. The molecule has 0 radical (unpaired) electrons. The van der Waals surface area contributed by atoms with Gasteiger partial charge in [-0.3, -0.25) is 0 Å².